The van der Waals surface area contributed by atoms with Gasteiger partial charge in [-0.15, -0.1) is 0 Å². The van der Waals surface area contributed by atoms with E-state index in [1.807, 2.05) is 26.8 Å². The van der Waals surface area contributed by atoms with Crippen molar-refractivity contribution in [3.8, 4) is 0 Å². The molecule has 5 nitrogen and oxygen atoms in total. The van der Waals surface area contributed by atoms with E-state index in [0.717, 1.165) is 31.6 Å². The second-order valence-corrected chi connectivity index (χ2v) is 5.88. The summed E-state index contributed by atoms with van der Waals surface area (Å²) in [5.74, 6) is 1.16. The molecule has 0 aromatic carbocycles. The summed E-state index contributed by atoms with van der Waals surface area (Å²) < 4.78 is 5.10. The van der Waals surface area contributed by atoms with Gasteiger partial charge in [0.15, 0.2) is 5.76 Å². The molecule has 19 heavy (non-hydrogen) atoms. The zero-order valence-corrected chi connectivity index (χ0v) is 12.0. The summed E-state index contributed by atoms with van der Waals surface area (Å²) in [5, 5.41) is 10.1. The SMILES string of the molecule is Cc1cc(CNC(=O)C(C)(C)C2CCCNC2)on1. The van der Waals surface area contributed by atoms with E-state index in [4.69, 9.17) is 4.52 Å². The van der Waals surface area contributed by atoms with Gasteiger partial charge in [-0.25, -0.2) is 0 Å². The number of carbonyl (C=O) groups excluding carboxylic acids is 1. The van der Waals surface area contributed by atoms with Crippen LogP contribution in [-0.2, 0) is 11.3 Å². The molecule has 1 amide bonds. The highest BCUT2D eigenvalue weighted by Crippen LogP contribution is 2.31. The first kappa shape index (κ1) is 14.1. The lowest BCUT2D eigenvalue weighted by Gasteiger charge is -2.35. The Kier molecular flexibility index (Phi) is 4.24. The van der Waals surface area contributed by atoms with Crippen molar-refractivity contribution in [2.45, 2.75) is 40.2 Å². The largest absolute Gasteiger partial charge is 0.359 e. The number of carbonyl (C=O) groups is 1. The van der Waals surface area contributed by atoms with E-state index in [0.29, 0.717) is 18.2 Å². The Morgan fingerprint density at radius 3 is 3.00 bits per heavy atom. The van der Waals surface area contributed by atoms with Crippen molar-refractivity contribution < 1.29 is 9.32 Å². The average molecular weight is 265 g/mol. The normalized spacial score (nSPS) is 20.3. The van der Waals surface area contributed by atoms with Gasteiger partial charge in [-0.1, -0.05) is 19.0 Å². The van der Waals surface area contributed by atoms with Gasteiger partial charge in [0.25, 0.3) is 0 Å². The molecule has 1 aliphatic heterocycles. The van der Waals surface area contributed by atoms with Crippen molar-refractivity contribution in [2.24, 2.45) is 11.3 Å². The minimum atomic E-state index is -0.359. The molecule has 2 N–H and O–H groups in total. The highest BCUT2D eigenvalue weighted by molar-refractivity contribution is 5.82. The topological polar surface area (TPSA) is 67.2 Å². The van der Waals surface area contributed by atoms with E-state index >= 15 is 0 Å². The molecule has 2 heterocycles. The van der Waals surface area contributed by atoms with Crippen LogP contribution in [0.2, 0.25) is 0 Å². The first-order valence-corrected chi connectivity index (χ1v) is 6.91. The zero-order valence-electron chi connectivity index (χ0n) is 12.0. The van der Waals surface area contributed by atoms with Gasteiger partial charge in [-0.05, 0) is 38.8 Å². The fraction of sp³-hybridized carbons (Fsp3) is 0.714. The Labute approximate surface area is 114 Å². The van der Waals surface area contributed by atoms with Crippen molar-refractivity contribution in [3.05, 3.63) is 17.5 Å². The van der Waals surface area contributed by atoms with Crippen LogP contribution in [0.4, 0.5) is 0 Å². The van der Waals surface area contributed by atoms with E-state index < -0.39 is 0 Å². The Balaban J connectivity index is 1.90. The molecule has 1 saturated heterocycles. The molecule has 1 aliphatic rings. The van der Waals surface area contributed by atoms with Crippen molar-refractivity contribution >= 4 is 5.91 Å². The Morgan fingerprint density at radius 1 is 1.63 bits per heavy atom. The number of nitrogens with one attached hydrogen (secondary N) is 2. The number of aryl methyl sites for hydroxylation is 1. The monoisotopic (exact) mass is 265 g/mol. The molecule has 5 heteroatoms. The summed E-state index contributed by atoms with van der Waals surface area (Å²) in [7, 11) is 0. The maximum Gasteiger partial charge on any atom is 0.226 e. The molecule has 0 radical (unpaired) electrons. The van der Waals surface area contributed by atoms with E-state index in [2.05, 4.69) is 15.8 Å². The lowest BCUT2D eigenvalue weighted by Crippen LogP contribution is -2.47. The standard InChI is InChI=1S/C14H23N3O2/c1-10-7-12(19-17-10)9-16-13(18)14(2,3)11-5-4-6-15-8-11/h7,11,15H,4-6,8-9H2,1-3H3,(H,16,18). The van der Waals surface area contributed by atoms with Crippen molar-refractivity contribution in [1.82, 2.24) is 15.8 Å². The summed E-state index contributed by atoms with van der Waals surface area (Å²) in [5.41, 5.74) is 0.475. The molecule has 1 aromatic rings. The van der Waals surface area contributed by atoms with Crippen LogP contribution < -0.4 is 10.6 Å². The third-order valence-corrected chi connectivity index (χ3v) is 4.00. The molecule has 1 unspecified atom stereocenters. The Morgan fingerprint density at radius 2 is 2.42 bits per heavy atom. The molecule has 0 saturated carbocycles. The molecule has 2 rings (SSSR count). The Hall–Kier alpha value is -1.36. The number of aromatic nitrogens is 1. The number of nitrogens with zero attached hydrogens (tertiary/aromatic N) is 1. The van der Waals surface area contributed by atoms with Crippen molar-refractivity contribution in [1.29, 1.82) is 0 Å². The molecule has 1 aromatic heterocycles. The van der Waals surface area contributed by atoms with Crippen LogP contribution in [0.3, 0.4) is 0 Å². The van der Waals surface area contributed by atoms with Gasteiger partial charge < -0.3 is 15.2 Å². The highest BCUT2D eigenvalue weighted by Gasteiger charge is 2.37. The minimum absolute atomic E-state index is 0.0789. The quantitative estimate of drug-likeness (QED) is 0.868. The summed E-state index contributed by atoms with van der Waals surface area (Å²) in [4.78, 5) is 12.3. The van der Waals surface area contributed by atoms with Crippen LogP contribution in [0.1, 0.15) is 38.1 Å². The van der Waals surface area contributed by atoms with E-state index in [9.17, 15) is 4.79 Å². The van der Waals surface area contributed by atoms with Gasteiger partial charge in [0.05, 0.1) is 12.2 Å². The van der Waals surface area contributed by atoms with Gasteiger partial charge in [0.1, 0.15) is 0 Å². The van der Waals surface area contributed by atoms with Crippen LogP contribution in [0.5, 0.6) is 0 Å². The van der Waals surface area contributed by atoms with E-state index in [1.165, 1.54) is 0 Å². The number of piperidine rings is 1. The predicted octanol–water partition coefficient (Wildman–Crippen LogP) is 1.63. The first-order valence-electron chi connectivity index (χ1n) is 6.91. The molecule has 106 valence electrons. The molecule has 0 spiro atoms. The molecule has 1 fully saturated rings. The van der Waals surface area contributed by atoms with Crippen molar-refractivity contribution in [2.75, 3.05) is 13.1 Å². The molecule has 0 bridgehead atoms. The van der Waals surface area contributed by atoms with Gasteiger partial charge >= 0.3 is 0 Å². The third-order valence-electron chi connectivity index (χ3n) is 4.00. The maximum atomic E-state index is 12.3. The smallest absolute Gasteiger partial charge is 0.226 e. The summed E-state index contributed by atoms with van der Waals surface area (Å²) in [6, 6.07) is 1.84. The molecular formula is C14H23N3O2. The minimum Gasteiger partial charge on any atom is -0.359 e. The van der Waals surface area contributed by atoms with Crippen LogP contribution in [0.25, 0.3) is 0 Å². The van der Waals surface area contributed by atoms with Gasteiger partial charge in [0, 0.05) is 11.5 Å². The van der Waals surface area contributed by atoms with Gasteiger partial charge in [-0.2, -0.15) is 0 Å². The van der Waals surface area contributed by atoms with Crippen LogP contribution in [0.15, 0.2) is 10.6 Å². The molecular weight excluding hydrogens is 242 g/mol. The average Bonchev–Trinajstić information content (AvgIpc) is 2.82. The Bertz CT molecular complexity index is 434. The van der Waals surface area contributed by atoms with Gasteiger partial charge in [-0.3, -0.25) is 4.79 Å². The van der Waals surface area contributed by atoms with Gasteiger partial charge in [0.2, 0.25) is 5.91 Å². The van der Waals surface area contributed by atoms with E-state index in [1.54, 1.807) is 0 Å². The zero-order chi connectivity index (χ0) is 13.9. The molecule has 1 atom stereocenters. The third kappa shape index (κ3) is 3.35. The lowest BCUT2D eigenvalue weighted by molar-refractivity contribution is -0.132. The highest BCUT2D eigenvalue weighted by atomic mass is 16.5. The second kappa shape index (κ2) is 5.74. The van der Waals surface area contributed by atoms with Crippen molar-refractivity contribution in [3.63, 3.8) is 0 Å². The van der Waals surface area contributed by atoms with Crippen LogP contribution in [-0.4, -0.2) is 24.2 Å². The maximum absolute atomic E-state index is 12.3. The van der Waals surface area contributed by atoms with E-state index in [-0.39, 0.29) is 11.3 Å². The fourth-order valence-electron chi connectivity index (χ4n) is 2.55. The number of hydrogen-bond acceptors (Lipinski definition) is 4. The lowest BCUT2D eigenvalue weighted by atomic mass is 9.74. The fourth-order valence-corrected chi connectivity index (χ4v) is 2.55. The predicted molar refractivity (Wildman–Crippen MR) is 72.5 cm³/mol. The number of amides is 1. The second-order valence-electron chi connectivity index (χ2n) is 5.88. The first-order chi connectivity index (χ1) is 9.00. The van der Waals surface area contributed by atoms with Crippen LogP contribution >= 0.6 is 0 Å². The van der Waals surface area contributed by atoms with Crippen LogP contribution in [0, 0.1) is 18.3 Å². The number of hydrogen-bond donors (Lipinski definition) is 2. The summed E-state index contributed by atoms with van der Waals surface area (Å²) >= 11 is 0. The molecule has 0 aliphatic carbocycles. The number of rotatable bonds is 4. The summed E-state index contributed by atoms with van der Waals surface area (Å²) in [6.45, 7) is 8.29. The summed E-state index contributed by atoms with van der Waals surface area (Å²) in [6.07, 6.45) is 2.25.